The summed E-state index contributed by atoms with van der Waals surface area (Å²) in [5, 5.41) is 12.3. The molecule has 1 aliphatic heterocycles. The third-order valence-corrected chi connectivity index (χ3v) is 4.31. The number of nitrogens with zero attached hydrogens (tertiary/aromatic N) is 2. The fourth-order valence-corrected chi connectivity index (χ4v) is 3.12. The Morgan fingerprint density at radius 3 is 2.95 bits per heavy atom. The van der Waals surface area contributed by atoms with Crippen LogP contribution in [-0.2, 0) is 16.0 Å². The summed E-state index contributed by atoms with van der Waals surface area (Å²) < 4.78 is 5.56. The molecule has 0 spiro atoms. The number of anilines is 1. The Bertz CT molecular complexity index is 594. The molecule has 0 unspecified atom stereocenters. The van der Waals surface area contributed by atoms with Crippen LogP contribution in [0.25, 0.3) is 0 Å². The summed E-state index contributed by atoms with van der Waals surface area (Å²) >= 11 is 1.40. The van der Waals surface area contributed by atoms with Crippen molar-refractivity contribution in [1.82, 2.24) is 10.2 Å². The van der Waals surface area contributed by atoms with Crippen LogP contribution in [-0.4, -0.2) is 22.7 Å². The number of rotatable bonds is 5. The Morgan fingerprint density at radius 2 is 2.19 bits per heavy atom. The third-order valence-electron chi connectivity index (χ3n) is 3.38. The SMILES string of the molecule is O=C(CCc1ccccc1)Nc1nnc([C@@H]2CCCO2)s1. The van der Waals surface area contributed by atoms with Crippen molar-refractivity contribution in [2.24, 2.45) is 0 Å². The highest BCUT2D eigenvalue weighted by Crippen LogP contribution is 2.31. The molecule has 1 atom stereocenters. The van der Waals surface area contributed by atoms with Crippen molar-refractivity contribution in [3.8, 4) is 0 Å². The molecule has 2 aromatic rings. The molecule has 1 aromatic carbocycles. The number of carbonyl (C=O) groups is 1. The van der Waals surface area contributed by atoms with Crippen LogP contribution in [0, 0.1) is 0 Å². The average Bonchev–Trinajstić information content (AvgIpc) is 3.17. The number of carbonyl (C=O) groups excluding carboxylic acids is 1. The topological polar surface area (TPSA) is 64.1 Å². The fraction of sp³-hybridized carbons (Fsp3) is 0.400. The van der Waals surface area contributed by atoms with Crippen LogP contribution in [0.15, 0.2) is 30.3 Å². The first-order valence-electron chi connectivity index (χ1n) is 7.10. The Morgan fingerprint density at radius 1 is 1.33 bits per heavy atom. The molecule has 3 rings (SSSR count). The van der Waals surface area contributed by atoms with Crippen molar-refractivity contribution in [3.05, 3.63) is 40.9 Å². The van der Waals surface area contributed by atoms with Gasteiger partial charge in [-0.3, -0.25) is 4.79 Å². The van der Waals surface area contributed by atoms with E-state index in [9.17, 15) is 4.79 Å². The standard InChI is InChI=1S/C15H17N3O2S/c19-13(9-8-11-5-2-1-3-6-11)16-15-18-17-14(21-15)12-7-4-10-20-12/h1-3,5-6,12H,4,7-10H2,(H,16,18,19)/t12-/m0/s1. The molecule has 1 saturated heterocycles. The van der Waals surface area contributed by atoms with E-state index in [4.69, 9.17) is 4.74 Å². The van der Waals surface area contributed by atoms with Gasteiger partial charge in [0.2, 0.25) is 11.0 Å². The van der Waals surface area contributed by atoms with Crippen LogP contribution in [0.1, 0.15) is 35.9 Å². The maximum Gasteiger partial charge on any atom is 0.226 e. The molecule has 0 bridgehead atoms. The van der Waals surface area contributed by atoms with E-state index in [1.54, 1.807) is 0 Å². The Hall–Kier alpha value is -1.79. The van der Waals surface area contributed by atoms with Crippen LogP contribution in [0.4, 0.5) is 5.13 Å². The van der Waals surface area contributed by atoms with Gasteiger partial charge >= 0.3 is 0 Å². The maximum atomic E-state index is 11.9. The van der Waals surface area contributed by atoms with Gasteiger partial charge < -0.3 is 10.1 Å². The van der Waals surface area contributed by atoms with E-state index < -0.39 is 0 Å². The predicted molar refractivity (Wildman–Crippen MR) is 81.2 cm³/mol. The zero-order valence-electron chi connectivity index (χ0n) is 11.6. The van der Waals surface area contributed by atoms with E-state index in [-0.39, 0.29) is 12.0 Å². The zero-order valence-corrected chi connectivity index (χ0v) is 12.4. The van der Waals surface area contributed by atoms with Gasteiger partial charge in [0, 0.05) is 13.0 Å². The number of aryl methyl sites for hydroxylation is 1. The van der Waals surface area contributed by atoms with Gasteiger partial charge in [0.05, 0.1) is 0 Å². The third kappa shape index (κ3) is 3.86. The number of hydrogen-bond acceptors (Lipinski definition) is 5. The summed E-state index contributed by atoms with van der Waals surface area (Å²) in [6, 6.07) is 9.97. The second kappa shape index (κ2) is 6.78. The average molecular weight is 303 g/mol. The second-order valence-corrected chi connectivity index (χ2v) is 5.99. The van der Waals surface area contributed by atoms with Crippen LogP contribution < -0.4 is 5.32 Å². The van der Waals surface area contributed by atoms with Gasteiger partial charge in [-0.15, -0.1) is 10.2 Å². The van der Waals surface area contributed by atoms with E-state index >= 15 is 0 Å². The lowest BCUT2D eigenvalue weighted by molar-refractivity contribution is -0.116. The van der Waals surface area contributed by atoms with Crippen LogP contribution in [0.5, 0.6) is 0 Å². The van der Waals surface area contributed by atoms with Crippen molar-refractivity contribution in [1.29, 1.82) is 0 Å². The van der Waals surface area contributed by atoms with Gasteiger partial charge in [0.1, 0.15) is 11.1 Å². The number of nitrogens with one attached hydrogen (secondary N) is 1. The predicted octanol–water partition coefficient (Wildman–Crippen LogP) is 2.96. The highest BCUT2D eigenvalue weighted by molar-refractivity contribution is 7.15. The van der Waals surface area contributed by atoms with E-state index in [0.717, 1.165) is 36.4 Å². The molecular weight excluding hydrogens is 286 g/mol. The molecule has 0 radical (unpaired) electrons. The molecule has 6 heteroatoms. The van der Waals surface area contributed by atoms with Gasteiger partial charge in [0.15, 0.2) is 0 Å². The van der Waals surface area contributed by atoms with E-state index in [1.165, 1.54) is 11.3 Å². The largest absolute Gasteiger partial charge is 0.371 e. The van der Waals surface area contributed by atoms with E-state index in [0.29, 0.717) is 11.6 Å². The normalized spacial score (nSPS) is 17.8. The molecule has 1 amide bonds. The zero-order chi connectivity index (χ0) is 14.5. The minimum absolute atomic E-state index is 0.0334. The summed E-state index contributed by atoms with van der Waals surface area (Å²) in [5.41, 5.74) is 1.16. The highest BCUT2D eigenvalue weighted by Gasteiger charge is 2.22. The molecule has 0 aliphatic carbocycles. The molecule has 1 aliphatic rings. The smallest absolute Gasteiger partial charge is 0.226 e. The van der Waals surface area contributed by atoms with Crippen molar-refractivity contribution in [2.75, 3.05) is 11.9 Å². The second-order valence-electron chi connectivity index (χ2n) is 4.98. The van der Waals surface area contributed by atoms with Crippen LogP contribution in [0.3, 0.4) is 0 Å². The van der Waals surface area contributed by atoms with Crippen LogP contribution in [0.2, 0.25) is 0 Å². The quantitative estimate of drug-likeness (QED) is 0.922. The lowest BCUT2D eigenvalue weighted by Crippen LogP contribution is -2.12. The minimum Gasteiger partial charge on any atom is -0.371 e. The fourth-order valence-electron chi connectivity index (χ4n) is 2.27. The van der Waals surface area contributed by atoms with Crippen molar-refractivity contribution in [3.63, 3.8) is 0 Å². The number of hydrogen-bond donors (Lipinski definition) is 1. The van der Waals surface area contributed by atoms with Gasteiger partial charge in [-0.25, -0.2) is 0 Å². The molecule has 21 heavy (non-hydrogen) atoms. The lowest BCUT2D eigenvalue weighted by Gasteiger charge is -2.03. The molecular formula is C15H17N3O2S. The Kier molecular flexibility index (Phi) is 4.57. The van der Waals surface area contributed by atoms with Gasteiger partial charge in [-0.05, 0) is 24.8 Å². The van der Waals surface area contributed by atoms with Gasteiger partial charge in [-0.1, -0.05) is 41.7 Å². The summed E-state index contributed by atoms with van der Waals surface area (Å²) in [6.07, 6.45) is 3.26. The molecule has 1 aromatic heterocycles. The molecule has 2 heterocycles. The molecule has 1 fully saturated rings. The van der Waals surface area contributed by atoms with E-state index in [2.05, 4.69) is 15.5 Å². The summed E-state index contributed by atoms with van der Waals surface area (Å²) in [4.78, 5) is 11.9. The number of benzene rings is 1. The molecule has 110 valence electrons. The van der Waals surface area contributed by atoms with Crippen molar-refractivity contribution >= 4 is 22.4 Å². The summed E-state index contributed by atoms with van der Waals surface area (Å²) in [7, 11) is 0. The van der Waals surface area contributed by atoms with Crippen molar-refractivity contribution in [2.45, 2.75) is 31.8 Å². The van der Waals surface area contributed by atoms with Gasteiger partial charge in [0.25, 0.3) is 0 Å². The first-order valence-corrected chi connectivity index (χ1v) is 7.92. The molecule has 0 saturated carbocycles. The Balaban J connectivity index is 1.50. The molecule has 5 nitrogen and oxygen atoms in total. The first kappa shape index (κ1) is 14.2. The number of aromatic nitrogens is 2. The summed E-state index contributed by atoms with van der Waals surface area (Å²) in [5.74, 6) is -0.0334. The first-order chi connectivity index (χ1) is 10.3. The maximum absolute atomic E-state index is 11.9. The lowest BCUT2D eigenvalue weighted by atomic mass is 10.1. The van der Waals surface area contributed by atoms with Crippen molar-refractivity contribution < 1.29 is 9.53 Å². The van der Waals surface area contributed by atoms with Crippen LogP contribution >= 0.6 is 11.3 Å². The number of ether oxygens (including phenoxy) is 1. The molecule has 1 N–H and O–H groups in total. The Labute approximate surface area is 127 Å². The minimum atomic E-state index is -0.0334. The summed E-state index contributed by atoms with van der Waals surface area (Å²) in [6.45, 7) is 0.781. The highest BCUT2D eigenvalue weighted by atomic mass is 32.1. The monoisotopic (exact) mass is 303 g/mol. The van der Waals surface area contributed by atoms with Gasteiger partial charge in [-0.2, -0.15) is 0 Å². The number of amides is 1. The van der Waals surface area contributed by atoms with E-state index in [1.807, 2.05) is 30.3 Å².